The molecule has 1 aromatic heterocycles. The normalized spacial score (nSPS) is 26.7. The molecule has 2 atom stereocenters. The monoisotopic (exact) mass is 539 g/mol. The van der Waals surface area contributed by atoms with Crippen LogP contribution in [0, 0.1) is 5.92 Å². The van der Waals surface area contributed by atoms with Crippen LogP contribution in [0.25, 0.3) is 0 Å². The fourth-order valence-corrected chi connectivity index (χ4v) is 7.54. The molecule has 1 aromatic rings. The van der Waals surface area contributed by atoms with E-state index in [4.69, 9.17) is 4.98 Å². The summed E-state index contributed by atoms with van der Waals surface area (Å²) in [7, 11) is 0. The molecule has 5 rings (SSSR count). The second-order valence-electron chi connectivity index (χ2n) is 12.4. The first kappa shape index (κ1) is 28.6. The van der Waals surface area contributed by atoms with Gasteiger partial charge in [-0.15, -0.1) is 0 Å². The lowest BCUT2D eigenvalue weighted by Gasteiger charge is -2.47. The second kappa shape index (κ2) is 14.6. The van der Waals surface area contributed by atoms with Crippen molar-refractivity contribution in [2.75, 3.05) is 56.0 Å². The molecular formula is C31H53N7O. The Morgan fingerprint density at radius 1 is 0.897 bits per heavy atom. The van der Waals surface area contributed by atoms with Crippen LogP contribution in [0.15, 0.2) is 12.3 Å². The fourth-order valence-electron chi connectivity index (χ4n) is 7.54. The molecule has 4 fully saturated rings. The van der Waals surface area contributed by atoms with E-state index in [2.05, 4.69) is 43.3 Å². The van der Waals surface area contributed by atoms with Crippen molar-refractivity contribution in [1.82, 2.24) is 25.1 Å². The number of likely N-dealkylation sites (tertiary alicyclic amines) is 2. The zero-order chi connectivity index (χ0) is 26.9. The largest absolute Gasteiger partial charge is 0.356 e. The Labute approximate surface area is 236 Å². The van der Waals surface area contributed by atoms with Gasteiger partial charge in [-0.1, -0.05) is 39.0 Å². The topological polar surface area (TPSA) is 76.6 Å². The van der Waals surface area contributed by atoms with Crippen LogP contribution in [0.3, 0.4) is 0 Å². The van der Waals surface area contributed by atoms with Gasteiger partial charge in [-0.3, -0.25) is 9.69 Å². The van der Waals surface area contributed by atoms with E-state index in [1.807, 2.05) is 6.20 Å². The molecule has 3 saturated heterocycles. The van der Waals surface area contributed by atoms with Crippen molar-refractivity contribution in [2.45, 2.75) is 115 Å². The standard InChI is InChI=1S/C31H53N7O/c1-2-36-23-16-25(17-24-36)30(39)32-18-14-28-27(13-10-22-38(28)26-11-6-5-7-12-26)34-31-33-19-15-29(35-31)37-20-8-3-4-9-21-37/h15,19,25-28H,2-14,16-18,20-24H2,1H3,(H,32,39)(H,33,34,35)/t27-,28+/m0/s1. The maximum absolute atomic E-state index is 13.0. The number of anilines is 2. The van der Waals surface area contributed by atoms with Gasteiger partial charge >= 0.3 is 0 Å². The highest BCUT2D eigenvalue weighted by Gasteiger charge is 2.36. The SMILES string of the molecule is CCN1CCC(C(=O)NCC[C@@H]2[C@@H](Nc3nccc(N4CCCCCC4)n3)CCCN2C2CCCCC2)CC1. The van der Waals surface area contributed by atoms with Gasteiger partial charge < -0.3 is 20.4 Å². The quantitative estimate of drug-likeness (QED) is 0.472. The van der Waals surface area contributed by atoms with Crippen LogP contribution < -0.4 is 15.5 Å². The lowest BCUT2D eigenvalue weighted by atomic mass is 9.87. The third-order valence-corrected chi connectivity index (χ3v) is 9.90. The highest BCUT2D eigenvalue weighted by Crippen LogP contribution is 2.31. The molecule has 0 spiro atoms. The summed E-state index contributed by atoms with van der Waals surface area (Å²) in [5, 5.41) is 7.15. The van der Waals surface area contributed by atoms with Gasteiger partial charge in [0.05, 0.1) is 0 Å². The first-order chi connectivity index (χ1) is 19.2. The Hall–Kier alpha value is -1.93. The van der Waals surface area contributed by atoms with Crippen LogP contribution >= 0.6 is 0 Å². The van der Waals surface area contributed by atoms with Crippen LogP contribution in [0.2, 0.25) is 0 Å². The van der Waals surface area contributed by atoms with E-state index in [0.717, 1.165) is 76.7 Å². The number of piperidine rings is 2. The van der Waals surface area contributed by atoms with Crippen LogP contribution in [-0.2, 0) is 4.79 Å². The van der Waals surface area contributed by atoms with Gasteiger partial charge in [0.15, 0.2) is 0 Å². The van der Waals surface area contributed by atoms with E-state index in [1.54, 1.807) is 0 Å². The van der Waals surface area contributed by atoms with Crippen molar-refractivity contribution in [1.29, 1.82) is 0 Å². The van der Waals surface area contributed by atoms with E-state index in [0.29, 0.717) is 18.1 Å². The zero-order valence-corrected chi connectivity index (χ0v) is 24.5. The molecule has 4 heterocycles. The molecule has 8 heteroatoms. The van der Waals surface area contributed by atoms with E-state index < -0.39 is 0 Å². The Kier molecular flexibility index (Phi) is 10.7. The Morgan fingerprint density at radius 3 is 2.38 bits per heavy atom. The molecule has 1 amide bonds. The van der Waals surface area contributed by atoms with Gasteiger partial charge in [0.2, 0.25) is 11.9 Å². The molecule has 1 aliphatic carbocycles. The number of hydrogen-bond donors (Lipinski definition) is 2. The Bertz CT molecular complexity index is 875. The lowest BCUT2D eigenvalue weighted by Crippen LogP contribution is -2.56. The summed E-state index contributed by atoms with van der Waals surface area (Å²) in [5.74, 6) is 2.28. The molecule has 8 nitrogen and oxygen atoms in total. The second-order valence-corrected chi connectivity index (χ2v) is 12.4. The molecule has 3 aliphatic heterocycles. The number of hydrogen-bond acceptors (Lipinski definition) is 7. The Balaban J connectivity index is 1.23. The molecule has 218 valence electrons. The molecular weight excluding hydrogens is 486 g/mol. The summed E-state index contributed by atoms with van der Waals surface area (Å²) in [6, 6.07) is 3.45. The molecule has 0 unspecified atom stereocenters. The number of rotatable bonds is 9. The molecule has 0 bridgehead atoms. The molecule has 1 saturated carbocycles. The van der Waals surface area contributed by atoms with Gasteiger partial charge in [-0.05, 0) is 90.0 Å². The van der Waals surface area contributed by atoms with Crippen LogP contribution in [0.1, 0.15) is 96.8 Å². The van der Waals surface area contributed by atoms with Gasteiger partial charge in [-0.2, -0.15) is 4.98 Å². The molecule has 2 N–H and O–H groups in total. The molecule has 0 aromatic carbocycles. The maximum Gasteiger partial charge on any atom is 0.224 e. The number of aromatic nitrogens is 2. The van der Waals surface area contributed by atoms with Crippen molar-refractivity contribution in [3.05, 3.63) is 12.3 Å². The number of carbonyl (C=O) groups is 1. The van der Waals surface area contributed by atoms with Crippen molar-refractivity contribution in [3.63, 3.8) is 0 Å². The first-order valence-corrected chi connectivity index (χ1v) is 16.3. The molecule has 4 aliphatic rings. The number of carbonyl (C=O) groups excluding carboxylic acids is 1. The first-order valence-electron chi connectivity index (χ1n) is 16.3. The lowest BCUT2D eigenvalue weighted by molar-refractivity contribution is -0.126. The molecule has 39 heavy (non-hydrogen) atoms. The number of nitrogens with zero attached hydrogens (tertiary/aromatic N) is 5. The summed E-state index contributed by atoms with van der Waals surface area (Å²) in [6.07, 6.45) is 19.1. The van der Waals surface area contributed by atoms with E-state index in [9.17, 15) is 4.79 Å². The fraction of sp³-hybridized carbons (Fsp3) is 0.839. The summed E-state index contributed by atoms with van der Waals surface area (Å²) < 4.78 is 0. The minimum Gasteiger partial charge on any atom is -0.356 e. The average molecular weight is 540 g/mol. The minimum absolute atomic E-state index is 0.178. The number of nitrogens with one attached hydrogen (secondary N) is 2. The summed E-state index contributed by atoms with van der Waals surface area (Å²) >= 11 is 0. The number of amides is 1. The summed E-state index contributed by atoms with van der Waals surface area (Å²) in [6.45, 7) is 9.52. The van der Waals surface area contributed by atoms with Gasteiger partial charge in [-0.25, -0.2) is 4.98 Å². The third kappa shape index (κ3) is 7.84. The summed E-state index contributed by atoms with van der Waals surface area (Å²) in [4.78, 5) is 30.4. The van der Waals surface area contributed by atoms with Crippen LogP contribution in [0.4, 0.5) is 11.8 Å². The van der Waals surface area contributed by atoms with Gasteiger partial charge in [0.1, 0.15) is 5.82 Å². The average Bonchev–Trinajstić information content (AvgIpc) is 3.28. The maximum atomic E-state index is 13.0. The van der Waals surface area contributed by atoms with Crippen molar-refractivity contribution in [3.8, 4) is 0 Å². The van der Waals surface area contributed by atoms with E-state index >= 15 is 0 Å². The van der Waals surface area contributed by atoms with Crippen molar-refractivity contribution < 1.29 is 4.79 Å². The zero-order valence-electron chi connectivity index (χ0n) is 24.5. The summed E-state index contributed by atoms with van der Waals surface area (Å²) in [5.41, 5.74) is 0. The third-order valence-electron chi connectivity index (χ3n) is 9.90. The predicted molar refractivity (Wildman–Crippen MR) is 159 cm³/mol. The highest BCUT2D eigenvalue weighted by molar-refractivity contribution is 5.78. The van der Waals surface area contributed by atoms with Crippen molar-refractivity contribution in [2.24, 2.45) is 5.92 Å². The smallest absolute Gasteiger partial charge is 0.224 e. The van der Waals surface area contributed by atoms with E-state index in [-0.39, 0.29) is 11.8 Å². The van der Waals surface area contributed by atoms with Gasteiger partial charge in [0.25, 0.3) is 0 Å². The van der Waals surface area contributed by atoms with E-state index in [1.165, 1.54) is 70.8 Å². The van der Waals surface area contributed by atoms with Crippen LogP contribution in [0.5, 0.6) is 0 Å². The highest BCUT2D eigenvalue weighted by atomic mass is 16.1. The molecule has 0 radical (unpaired) electrons. The Morgan fingerprint density at radius 2 is 1.64 bits per heavy atom. The van der Waals surface area contributed by atoms with Gasteiger partial charge in [0, 0.05) is 49.9 Å². The minimum atomic E-state index is 0.178. The van der Waals surface area contributed by atoms with Crippen molar-refractivity contribution >= 4 is 17.7 Å². The predicted octanol–water partition coefficient (Wildman–Crippen LogP) is 4.67. The van der Waals surface area contributed by atoms with Crippen LogP contribution in [-0.4, -0.2) is 89.6 Å².